The lowest BCUT2D eigenvalue weighted by molar-refractivity contribution is -0.175. The maximum absolute atomic E-state index is 12.8. The quantitative estimate of drug-likeness (QED) is 0.257. The molecule has 0 aromatic heterocycles. The Hall–Kier alpha value is -2.38. The normalized spacial score (nSPS) is 21.6. The Balaban J connectivity index is 2.83. The van der Waals surface area contributed by atoms with Gasteiger partial charge in [0.2, 0.25) is 0 Å². The molecule has 0 heterocycles. The van der Waals surface area contributed by atoms with Crippen LogP contribution >= 0.6 is 0 Å². The first kappa shape index (κ1) is 26.7. The van der Waals surface area contributed by atoms with Gasteiger partial charge in [0.15, 0.2) is 0 Å². The molecule has 0 aromatic rings. The molecule has 8 heteroatoms. The molecule has 1 rings (SSSR count). The van der Waals surface area contributed by atoms with Crippen molar-refractivity contribution in [3.8, 4) is 0 Å². The predicted molar refractivity (Wildman–Crippen MR) is 113 cm³/mol. The van der Waals surface area contributed by atoms with Gasteiger partial charge < -0.3 is 18.9 Å². The zero-order valence-corrected chi connectivity index (χ0v) is 19.7. The van der Waals surface area contributed by atoms with Crippen LogP contribution in [0.1, 0.15) is 67.7 Å². The first-order valence-electron chi connectivity index (χ1n) is 10.6. The van der Waals surface area contributed by atoms with Crippen molar-refractivity contribution in [2.24, 2.45) is 17.8 Å². The molecule has 1 fully saturated rings. The molecule has 3 unspecified atom stereocenters. The lowest BCUT2D eigenvalue weighted by atomic mass is 9.73. The van der Waals surface area contributed by atoms with Gasteiger partial charge in [0.25, 0.3) is 0 Å². The van der Waals surface area contributed by atoms with Crippen LogP contribution in [0.5, 0.6) is 0 Å². The van der Waals surface area contributed by atoms with Gasteiger partial charge in [-0.15, -0.1) is 0 Å². The van der Waals surface area contributed by atoms with E-state index in [4.69, 9.17) is 18.9 Å². The molecule has 0 bridgehead atoms. The van der Waals surface area contributed by atoms with E-state index in [1.807, 2.05) is 0 Å². The first-order chi connectivity index (χ1) is 14.1. The lowest BCUT2D eigenvalue weighted by Gasteiger charge is -2.35. The Kier molecular flexibility index (Phi) is 9.26. The average Bonchev–Trinajstić information content (AvgIpc) is 2.61. The van der Waals surface area contributed by atoms with Crippen LogP contribution in [0.2, 0.25) is 0 Å². The smallest absolute Gasteiger partial charge is 0.333 e. The summed E-state index contributed by atoms with van der Waals surface area (Å²) < 4.78 is 21.1. The van der Waals surface area contributed by atoms with E-state index in [1.165, 1.54) is 6.92 Å². The maximum Gasteiger partial charge on any atom is 0.333 e. The molecule has 0 aromatic carbocycles. The van der Waals surface area contributed by atoms with Crippen molar-refractivity contribution in [1.82, 2.24) is 0 Å². The van der Waals surface area contributed by atoms with Crippen LogP contribution in [-0.2, 0) is 38.1 Å². The van der Waals surface area contributed by atoms with E-state index in [1.54, 1.807) is 41.5 Å². The summed E-state index contributed by atoms with van der Waals surface area (Å²) in [4.78, 5) is 49.4. The fraction of sp³-hybridized carbons (Fsp3) is 0.739. The zero-order valence-electron chi connectivity index (χ0n) is 19.7. The second-order valence-corrected chi connectivity index (χ2v) is 9.87. The molecule has 0 radical (unpaired) electrons. The van der Waals surface area contributed by atoms with E-state index in [9.17, 15) is 19.2 Å². The SMILES string of the molecule is C=C(C)C(=O)OCCOC(=O)C1CCC(C(=O)OC(C)(C)C)CC1C(=O)OC(C)(C)C. The van der Waals surface area contributed by atoms with Crippen molar-refractivity contribution < 1.29 is 38.1 Å². The Labute approximate surface area is 184 Å². The van der Waals surface area contributed by atoms with Gasteiger partial charge in [-0.1, -0.05) is 6.58 Å². The maximum atomic E-state index is 12.8. The topological polar surface area (TPSA) is 105 Å². The molecule has 0 spiro atoms. The first-order valence-corrected chi connectivity index (χ1v) is 10.6. The van der Waals surface area contributed by atoms with Crippen molar-refractivity contribution in [3.05, 3.63) is 12.2 Å². The van der Waals surface area contributed by atoms with Gasteiger partial charge in [-0.05, 0) is 67.7 Å². The molecule has 31 heavy (non-hydrogen) atoms. The molecule has 1 aliphatic rings. The predicted octanol–water partition coefficient (Wildman–Crippen LogP) is 3.36. The van der Waals surface area contributed by atoms with Crippen LogP contribution in [-0.4, -0.2) is 48.3 Å². The van der Waals surface area contributed by atoms with E-state index in [0.717, 1.165) is 0 Å². The third kappa shape index (κ3) is 9.53. The minimum atomic E-state index is -0.823. The highest BCUT2D eigenvalue weighted by atomic mass is 16.6. The van der Waals surface area contributed by atoms with E-state index in [2.05, 4.69) is 6.58 Å². The highest BCUT2D eigenvalue weighted by Crippen LogP contribution is 2.37. The second kappa shape index (κ2) is 10.8. The molecule has 0 aliphatic heterocycles. The van der Waals surface area contributed by atoms with E-state index >= 15 is 0 Å². The van der Waals surface area contributed by atoms with Gasteiger partial charge in [0.1, 0.15) is 24.4 Å². The second-order valence-electron chi connectivity index (χ2n) is 9.87. The van der Waals surface area contributed by atoms with Gasteiger partial charge in [-0.2, -0.15) is 0 Å². The standard InChI is InChI=1S/C23H36O8/c1-14(2)18(24)28-11-12-29-20(26)16-10-9-15(19(25)30-22(3,4)5)13-17(16)21(27)31-23(6,7)8/h15-17H,1,9-13H2,2-8H3. The molecule has 1 aliphatic carbocycles. The van der Waals surface area contributed by atoms with Crippen molar-refractivity contribution in [2.75, 3.05) is 13.2 Å². The van der Waals surface area contributed by atoms with E-state index < -0.39 is 46.9 Å². The molecule has 3 atom stereocenters. The Morgan fingerprint density at radius 1 is 0.774 bits per heavy atom. The number of ether oxygens (including phenoxy) is 4. The molecule has 0 N–H and O–H groups in total. The molecular weight excluding hydrogens is 404 g/mol. The van der Waals surface area contributed by atoms with Gasteiger partial charge in [0.05, 0.1) is 17.8 Å². The highest BCUT2D eigenvalue weighted by molar-refractivity contribution is 5.87. The van der Waals surface area contributed by atoms with Gasteiger partial charge in [-0.3, -0.25) is 14.4 Å². The van der Waals surface area contributed by atoms with Crippen LogP contribution in [0.3, 0.4) is 0 Å². The summed E-state index contributed by atoms with van der Waals surface area (Å²) >= 11 is 0. The third-order valence-corrected chi connectivity index (χ3v) is 4.51. The highest BCUT2D eigenvalue weighted by Gasteiger charge is 2.44. The fourth-order valence-corrected chi connectivity index (χ4v) is 3.20. The van der Waals surface area contributed by atoms with E-state index in [0.29, 0.717) is 6.42 Å². The average molecular weight is 441 g/mol. The number of carbonyl (C=O) groups is 4. The minimum Gasteiger partial charge on any atom is -0.462 e. The summed E-state index contributed by atoms with van der Waals surface area (Å²) in [6.45, 7) is 15.3. The monoisotopic (exact) mass is 440 g/mol. The Bertz CT molecular complexity index is 695. The van der Waals surface area contributed by atoms with Crippen LogP contribution in [0, 0.1) is 17.8 Å². The molecule has 0 saturated heterocycles. The molecule has 0 amide bonds. The van der Waals surface area contributed by atoms with Crippen LogP contribution in [0.4, 0.5) is 0 Å². The van der Waals surface area contributed by atoms with Gasteiger partial charge >= 0.3 is 23.9 Å². The van der Waals surface area contributed by atoms with Crippen LogP contribution in [0.25, 0.3) is 0 Å². The fourth-order valence-electron chi connectivity index (χ4n) is 3.20. The van der Waals surface area contributed by atoms with Gasteiger partial charge in [0, 0.05) is 5.57 Å². The summed E-state index contributed by atoms with van der Waals surface area (Å²) in [7, 11) is 0. The lowest BCUT2D eigenvalue weighted by Crippen LogP contribution is -2.42. The molecular formula is C23H36O8. The molecule has 8 nitrogen and oxygen atoms in total. The van der Waals surface area contributed by atoms with Gasteiger partial charge in [-0.25, -0.2) is 4.79 Å². The van der Waals surface area contributed by atoms with Crippen LogP contribution in [0.15, 0.2) is 12.2 Å². The number of esters is 4. The molecule has 176 valence electrons. The van der Waals surface area contributed by atoms with E-state index in [-0.39, 0.29) is 37.6 Å². The summed E-state index contributed by atoms with van der Waals surface area (Å²) in [5, 5.41) is 0. The minimum absolute atomic E-state index is 0.109. The number of carbonyl (C=O) groups excluding carboxylic acids is 4. The van der Waals surface area contributed by atoms with Crippen molar-refractivity contribution in [3.63, 3.8) is 0 Å². The van der Waals surface area contributed by atoms with Crippen molar-refractivity contribution in [2.45, 2.75) is 78.9 Å². The summed E-state index contributed by atoms with van der Waals surface area (Å²) in [6.07, 6.45) is 0.838. The summed E-state index contributed by atoms with van der Waals surface area (Å²) in [5.74, 6) is -4.15. The Morgan fingerprint density at radius 2 is 1.29 bits per heavy atom. The third-order valence-electron chi connectivity index (χ3n) is 4.51. The number of hydrogen-bond acceptors (Lipinski definition) is 8. The largest absolute Gasteiger partial charge is 0.462 e. The Morgan fingerprint density at radius 3 is 1.81 bits per heavy atom. The van der Waals surface area contributed by atoms with Crippen molar-refractivity contribution >= 4 is 23.9 Å². The molecule has 1 saturated carbocycles. The zero-order chi connectivity index (χ0) is 24.0. The van der Waals surface area contributed by atoms with Crippen LogP contribution < -0.4 is 0 Å². The summed E-state index contributed by atoms with van der Waals surface area (Å²) in [5.41, 5.74) is -1.13. The van der Waals surface area contributed by atoms with Crippen molar-refractivity contribution in [1.29, 1.82) is 0 Å². The number of hydrogen-bond donors (Lipinski definition) is 0. The summed E-state index contributed by atoms with van der Waals surface area (Å²) in [6, 6.07) is 0. The number of rotatable bonds is 7.